The van der Waals surface area contributed by atoms with Gasteiger partial charge in [0, 0.05) is 0 Å². The van der Waals surface area contributed by atoms with E-state index in [2.05, 4.69) is 58.8 Å². The van der Waals surface area contributed by atoms with Gasteiger partial charge in [0.15, 0.2) is 0 Å². The van der Waals surface area contributed by atoms with E-state index in [1.54, 1.807) is 3.27 Å². The first kappa shape index (κ1) is 23.3. The third-order valence-electron chi connectivity index (χ3n) is 7.05. The van der Waals surface area contributed by atoms with Crippen LogP contribution in [0.15, 0.2) is 42.5 Å². The molecule has 0 radical (unpaired) electrons. The van der Waals surface area contributed by atoms with E-state index in [-0.39, 0.29) is 24.8 Å². The normalized spacial score (nSPS) is 23.1. The predicted octanol–water partition coefficient (Wildman–Crippen LogP) is -2.04. The fraction of sp³-hybridized carbons (Fsp3) is 0.435. The van der Waals surface area contributed by atoms with E-state index in [1.807, 2.05) is 0 Å². The molecule has 0 heterocycles. The molecule has 153 valence electrons. The quantitative estimate of drug-likeness (QED) is 0.392. The summed E-state index contributed by atoms with van der Waals surface area (Å²) >= 11 is -2.14. The van der Waals surface area contributed by atoms with Gasteiger partial charge in [0.2, 0.25) is 0 Å². The van der Waals surface area contributed by atoms with Gasteiger partial charge in [0.25, 0.3) is 0 Å². The van der Waals surface area contributed by atoms with Gasteiger partial charge in [0.05, 0.1) is 0 Å². The van der Waals surface area contributed by atoms with Crippen molar-refractivity contribution in [2.45, 2.75) is 45.2 Å². The van der Waals surface area contributed by atoms with Crippen LogP contribution < -0.4 is 31.3 Å². The second-order valence-corrected chi connectivity index (χ2v) is 27.2. The monoisotopic (exact) mass is 522 g/mol. The van der Waals surface area contributed by atoms with E-state index in [0.29, 0.717) is 17.7 Å². The van der Waals surface area contributed by atoms with Gasteiger partial charge < -0.3 is 24.8 Å². The Morgan fingerprint density at radius 3 is 2.45 bits per heavy atom. The molecule has 0 spiro atoms. The molecule has 2 aromatic rings. The van der Waals surface area contributed by atoms with Gasteiger partial charge in [-0.1, -0.05) is 0 Å². The van der Waals surface area contributed by atoms with Crippen LogP contribution in [-0.4, -0.2) is 11.8 Å². The summed E-state index contributed by atoms with van der Waals surface area (Å²) in [6.45, 7) is 4.91. The fourth-order valence-corrected chi connectivity index (χ4v) is 19.3. The minimum atomic E-state index is -2.14. The number of amides is 1. The van der Waals surface area contributed by atoms with Gasteiger partial charge >= 0.3 is 172 Å². The summed E-state index contributed by atoms with van der Waals surface area (Å²) in [6, 6.07) is 15.7. The van der Waals surface area contributed by atoms with Crippen LogP contribution in [0.5, 0.6) is 0 Å². The van der Waals surface area contributed by atoms with Crippen LogP contribution in [0.3, 0.4) is 0 Å². The number of hydrogen-bond donors (Lipinski definition) is 1. The predicted molar refractivity (Wildman–Crippen MR) is 110 cm³/mol. The summed E-state index contributed by atoms with van der Waals surface area (Å²) in [5.41, 5.74) is 5.81. The number of benzene rings is 2. The molecule has 2 nitrogen and oxygen atoms in total. The molecule has 2 bridgehead atoms. The largest absolute Gasteiger partial charge is 1.00 e. The summed E-state index contributed by atoms with van der Waals surface area (Å²) in [7, 11) is 0. The first-order valence-electron chi connectivity index (χ1n) is 10.5. The van der Waals surface area contributed by atoms with Crippen molar-refractivity contribution in [2.75, 3.05) is 0 Å². The van der Waals surface area contributed by atoms with Crippen molar-refractivity contribution in [1.29, 1.82) is 0 Å². The van der Waals surface area contributed by atoms with Gasteiger partial charge in [-0.3, -0.25) is 0 Å². The maximum Gasteiger partial charge on any atom is -1.00 e. The van der Waals surface area contributed by atoms with Crippen molar-refractivity contribution in [3.63, 3.8) is 0 Å². The van der Waals surface area contributed by atoms with E-state index < -0.39 is 27.1 Å². The maximum absolute atomic E-state index is 13.2. The first-order chi connectivity index (χ1) is 13.1. The van der Waals surface area contributed by atoms with E-state index in [4.69, 9.17) is 0 Å². The maximum atomic E-state index is 13.2. The molecule has 29 heavy (non-hydrogen) atoms. The Hall–Kier alpha value is -0.410. The Morgan fingerprint density at radius 1 is 1.00 bits per heavy atom. The summed E-state index contributed by atoms with van der Waals surface area (Å²) in [6.07, 6.45) is 6.17. The standard InChI is InChI=1S/C13H9.C8H13NO.C2H7Si.2ClH.Zr/c1-3-7-12-10(5-1)9-11-6-2-4-8-13(11)12;9-8(10)7-4-5-1-2-6(7)3-5;1-3-2;;;/h1-5,7-8H,9H2;5-7H,1-4H2,(H2,9,10);3H,1-2H3;2*1H;/q;;;;;+3/p-3. The summed E-state index contributed by atoms with van der Waals surface area (Å²) in [4.78, 5) is 13.2. The van der Waals surface area contributed by atoms with E-state index in [1.165, 1.54) is 41.5 Å². The molecule has 3 aliphatic rings. The minimum Gasteiger partial charge on any atom is -1.00 e. The molecule has 0 aromatic heterocycles. The van der Waals surface area contributed by atoms with E-state index >= 15 is 0 Å². The number of carbonyl (C=O) groups is 1. The molecule has 1 N–H and O–H groups in total. The number of rotatable bonds is 4. The van der Waals surface area contributed by atoms with Gasteiger partial charge in [-0.25, -0.2) is 0 Å². The SMILES string of the molecule is C[SiH](C)[Zr+2]([NH]C(=O)C1CC2CCC1C2)[c]1cccc2c1Cc1ccccc1-2.[Cl-].[Cl-]. The molecule has 3 atom stereocenters. The zero-order valence-electron chi connectivity index (χ0n) is 17.1. The van der Waals surface area contributed by atoms with Crippen molar-refractivity contribution < 1.29 is 50.8 Å². The second-order valence-electron chi connectivity index (χ2n) is 9.00. The van der Waals surface area contributed by atoms with Crippen molar-refractivity contribution in [3.05, 3.63) is 53.6 Å². The van der Waals surface area contributed by atoms with E-state index in [9.17, 15) is 4.79 Å². The number of carbonyl (C=O) groups excluding carboxylic acids is 1. The summed E-state index contributed by atoms with van der Waals surface area (Å²) < 4.78 is 5.31. The van der Waals surface area contributed by atoms with Crippen molar-refractivity contribution in [2.24, 2.45) is 17.8 Å². The van der Waals surface area contributed by atoms with Gasteiger partial charge in [-0.15, -0.1) is 0 Å². The van der Waals surface area contributed by atoms with Crippen LogP contribution in [0.1, 0.15) is 36.8 Å². The summed E-state index contributed by atoms with van der Waals surface area (Å²) in [5, 5.41) is 0. The Balaban J connectivity index is 0.00000120. The zero-order chi connectivity index (χ0) is 18.5. The molecule has 2 fully saturated rings. The molecule has 1 amide bonds. The Labute approximate surface area is 195 Å². The third kappa shape index (κ3) is 4.20. The number of fused-ring (bicyclic) bond motifs is 5. The molecule has 0 aliphatic heterocycles. The van der Waals surface area contributed by atoms with Gasteiger partial charge in [-0.2, -0.15) is 0 Å². The molecule has 3 unspecified atom stereocenters. The van der Waals surface area contributed by atoms with Crippen molar-refractivity contribution >= 4 is 15.1 Å². The van der Waals surface area contributed by atoms with Crippen molar-refractivity contribution in [3.8, 4) is 11.1 Å². The van der Waals surface area contributed by atoms with Crippen LogP contribution in [0.4, 0.5) is 0 Å². The topological polar surface area (TPSA) is 29.1 Å². The third-order valence-corrected chi connectivity index (χ3v) is 23.3. The molecule has 6 heteroatoms. The van der Waals surface area contributed by atoms with Crippen LogP contribution in [0, 0.1) is 17.8 Å². The molecule has 3 aliphatic carbocycles. The second kappa shape index (κ2) is 9.39. The summed E-state index contributed by atoms with van der Waals surface area (Å²) in [5.74, 6) is 1.36. The Kier molecular flexibility index (Phi) is 7.53. The minimum absolute atomic E-state index is 0. The number of hydrogen-bond acceptors (Lipinski definition) is 1. The van der Waals surface area contributed by atoms with Crippen LogP contribution >= 0.6 is 0 Å². The average molecular weight is 525 g/mol. The molecule has 2 aromatic carbocycles. The average Bonchev–Trinajstić information content (AvgIpc) is 3.39. The molecular weight excluding hydrogens is 496 g/mol. The Bertz CT molecular complexity index is 906. The zero-order valence-corrected chi connectivity index (χ0v) is 22.2. The number of halogens is 2. The molecular formula is C23H28Cl2NOSiZr. The van der Waals surface area contributed by atoms with E-state index in [0.717, 1.165) is 18.8 Å². The fourth-order valence-electron chi connectivity index (χ4n) is 5.72. The molecule has 2 saturated carbocycles. The molecule has 5 rings (SSSR count). The Morgan fingerprint density at radius 2 is 1.76 bits per heavy atom. The van der Waals surface area contributed by atoms with Gasteiger partial charge in [-0.05, 0) is 0 Å². The van der Waals surface area contributed by atoms with Crippen LogP contribution in [-0.2, 0) is 32.4 Å². The van der Waals surface area contributed by atoms with Crippen LogP contribution in [0.25, 0.3) is 11.1 Å². The van der Waals surface area contributed by atoms with Crippen molar-refractivity contribution in [1.82, 2.24) is 3.26 Å². The molecule has 0 saturated heterocycles. The smallest absolute Gasteiger partial charge is 1.00 e. The first-order valence-corrected chi connectivity index (χ1v) is 20.1. The van der Waals surface area contributed by atoms with Crippen LogP contribution in [0.2, 0.25) is 13.1 Å². The number of nitrogens with one attached hydrogen (secondary N) is 1. The van der Waals surface area contributed by atoms with Gasteiger partial charge in [0.1, 0.15) is 0 Å².